The van der Waals surface area contributed by atoms with Crippen molar-refractivity contribution in [3.05, 3.63) is 41.4 Å². The molecule has 22 heavy (non-hydrogen) atoms. The third-order valence-electron chi connectivity index (χ3n) is 3.80. The first-order chi connectivity index (χ1) is 10.7. The van der Waals surface area contributed by atoms with Crippen molar-refractivity contribution < 1.29 is 4.79 Å². The molecule has 1 amide bonds. The largest absolute Gasteiger partial charge is 0.369 e. The van der Waals surface area contributed by atoms with Crippen molar-refractivity contribution >= 4 is 17.2 Å². The van der Waals surface area contributed by atoms with Crippen LogP contribution in [0.25, 0.3) is 10.6 Å². The Morgan fingerprint density at radius 1 is 1.14 bits per heavy atom. The van der Waals surface area contributed by atoms with Gasteiger partial charge in [0.15, 0.2) is 0 Å². The van der Waals surface area contributed by atoms with Gasteiger partial charge in [0.2, 0.25) is 5.91 Å². The first-order valence-electron chi connectivity index (χ1n) is 7.43. The number of benzene rings is 1. The van der Waals surface area contributed by atoms with Crippen molar-refractivity contribution in [3.63, 3.8) is 0 Å². The fourth-order valence-electron chi connectivity index (χ4n) is 2.65. The van der Waals surface area contributed by atoms with Crippen LogP contribution in [0.1, 0.15) is 5.69 Å². The Kier molecular flexibility index (Phi) is 4.82. The van der Waals surface area contributed by atoms with E-state index in [0.29, 0.717) is 6.54 Å². The van der Waals surface area contributed by atoms with E-state index in [1.165, 1.54) is 5.56 Å². The molecule has 0 saturated carbocycles. The number of carbonyl (C=O) groups is 1. The van der Waals surface area contributed by atoms with E-state index >= 15 is 0 Å². The van der Waals surface area contributed by atoms with Crippen LogP contribution in [0.15, 0.2) is 35.7 Å². The standard InChI is InChI=1S/C16H20N4OS/c17-15(21)11-20-8-6-19(7-9-20)10-14-12-22-16(18-14)13-4-2-1-3-5-13/h1-5,12H,6-11H2,(H2,17,21). The molecule has 3 rings (SSSR count). The topological polar surface area (TPSA) is 62.5 Å². The highest BCUT2D eigenvalue weighted by molar-refractivity contribution is 7.13. The SMILES string of the molecule is NC(=O)CN1CCN(Cc2csc(-c3ccccc3)n2)CC1. The Bertz CT molecular complexity index is 620. The van der Waals surface area contributed by atoms with Gasteiger partial charge >= 0.3 is 0 Å². The zero-order valence-corrected chi connectivity index (χ0v) is 13.3. The molecule has 1 aromatic carbocycles. The van der Waals surface area contributed by atoms with Gasteiger partial charge in [-0.2, -0.15) is 0 Å². The summed E-state index contributed by atoms with van der Waals surface area (Å²) in [5, 5.41) is 3.21. The highest BCUT2D eigenvalue weighted by Gasteiger charge is 2.18. The molecule has 2 heterocycles. The minimum absolute atomic E-state index is 0.250. The number of hydrogen-bond donors (Lipinski definition) is 1. The summed E-state index contributed by atoms with van der Waals surface area (Å²) in [5.74, 6) is -0.250. The Morgan fingerprint density at radius 3 is 2.50 bits per heavy atom. The average Bonchev–Trinajstić information content (AvgIpc) is 2.98. The van der Waals surface area contributed by atoms with Crippen molar-refractivity contribution in [1.29, 1.82) is 0 Å². The molecule has 0 aliphatic carbocycles. The smallest absolute Gasteiger partial charge is 0.231 e. The van der Waals surface area contributed by atoms with E-state index in [-0.39, 0.29) is 5.91 Å². The first kappa shape index (κ1) is 15.1. The predicted octanol–water partition coefficient (Wildman–Crippen LogP) is 1.41. The van der Waals surface area contributed by atoms with Crippen LogP contribution in [-0.4, -0.2) is 53.4 Å². The Morgan fingerprint density at radius 2 is 1.82 bits per heavy atom. The van der Waals surface area contributed by atoms with E-state index in [0.717, 1.165) is 43.4 Å². The van der Waals surface area contributed by atoms with E-state index in [1.54, 1.807) is 11.3 Å². The monoisotopic (exact) mass is 316 g/mol. The van der Waals surface area contributed by atoms with Crippen molar-refractivity contribution in [2.45, 2.75) is 6.54 Å². The maximum Gasteiger partial charge on any atom is 0.231 e. The molecule has 0 spiro atoms. The summed E-state index contributed by atoms with van der Waals surface area (Å²) < 4.78 is 0. The molecule has 1 fully saturated rings. The molecular weight excluding hydrogens is 296 g/mol. The summed E-state index contributed by atoms with van der Waals surface area (Å²) in [6, 6.07) is 10.3. The van der Waals surface area contributed by atoms with Crippen molar-refractivity contribution in [3.8, 4) is 10.6 Å². The second kappa shape index (κ2) is 7.00. The number of carbonyl (C=O) groups excluding carboxylic acids is 1. The van der Waals surface area contributed by atoms with E-state index in [2.05, 4.69) is 27.3 Å². The number of piperazine rings is 1. The molecule has 0 bridgehead atoms. The van der Waals surface area contributed by atoms with E-state index in [4.69, 9.17) is 10.7 Å². The van der Waals surface area contributed by atoms with Gasteiger partial charge in [0, 0.05) is 43.7 Å². The molecular formula is C16H20N4OS. The van der Waals surface area contributed by atoms with Gasteiger partial charge in [-0.15, -0.1) is 11.3 Å². The van der Waals surface area contributed by atoms with Gasteiger partial charge in [-0.1, -0.05) is 30.3 Å². The van der Waals surface area contributed by atoms with Gasteiger partial charge in [0.1, 0.15) is 5.01 Å². The highest BCUT2D eigenvalue weighted by atomic mass is 32.1. The molecule has 5 nitrogen and oxygen atoms in total. The third-order valence-corrected chi connectivity index (χ3v) is 4.74. The Labute approximate surface area is 134 Å². The molecule has 1 aliphatic heterocycles. The lowest BCUT2D eigenvalue weighted by Crippen LogP contribution is -2.48. The molecule has 2 aromatic rings. The van der Waals surface area contributed by atoms with Gasteiger partial charge in [-0.05, 0) is 0 Å². The summed E-state index contributed by atoms with van der Waals surface area (Å²) in [6.45, 7) is 4.91. The summed E-state index contributed by atoms with van der Waals surface area (Å²) in [6.07, 6.45) is 0. The molecule has 2 N–H and O–H groups in total. The zero-order valence-electron chi connectivity index (χ0n) is 12.4. The van der Waals surface area contributed by atoms with Crippen LogP contribution in [0.2, 0.25) is 0 Å². The number of aromatic nitrogens is 1. The van der Waals surface area contributed by atoms with Crippen molar-refractivity contribution in [2.75, 3.05) is 32.7 Å². The van der Waals surface area contributed by atoms with Crippen LogP contribution < -0.4 is 5.73 Å². The van der Waals surface area contributed by atoms with Gasteiger partial charge < -0.3 is 5.73 Å². The Hall–Kier alpha value is -1.76. The van der Waals surface area contributed by atoms with Crippen molar-refractivity contribution in [1.82, 2.24) is 14.8 Å². The summed E-state index contributed by atoms with van der Waals surface area (Å²) in [5.41, 5.74) is 7.53. The van der Waals surface area contributed by atoms with E-state index < -0.39 is 0 Å². The third kappa shape index (κ3) is 3.91. The van der Waals surface area contributed by atoms with E-state index in [1.807, 2.05) is 18.2 Å². The lowest BCUT2D eigenvalue weighted by atomic mass is 10.2. The molecule has 0 radical (unpaired) electrons. The lowest BCUT2D eigenvalue weighted by Gasteiger charge is -2.33. The molecule has 1 aromatic heterocycles. The number of nitrogens with zero attached hydrogens (tertiary/aromatic N) is 3. The van der Waals surface area contributed by atoms with Crippen LogP contribution in [0.5, 0.6) is 0 Å². The number of hydrogen-bond acceptors (Lipinski definition) is 5. The molecule has 1 aliphatic rings. The molecule has 116 valence electrons. The molecule has 1 saturated heterocycles. The summed E-state index contributed by atoms with van der Waals surface area (Å²) in [7, 11) is 0. The quantitative estimate of drug-likeness (QED) is 0.906. The highest BCUT2D eigenvalue weighted by Crippen LogP contribution is 2.24. The molecule has 6 heteroatoms. The van der Waals surface area contributed by atoms with Crippen LogP contribution in [0.3, 0.4) is 0 Å². The normalized spacial score (nSPS) is 16.7. The summed E-state index contributed by atoms with van der Waals surface area (Å²) in [4.78, 5) is 20.1. The van der Waals surface area contributed by atoms with Crippen molar-refractivity contribution in [2.24, 2.45) is 5.73 Å². The van der Waals surface area contributed by atoms with Crippen LogP contribution in [0.4, 0.5) is 0 Å². The fraction of sp³-hybridized carbons (Fsp3) is 0.375. The average molecular weight is 316 g/mol. The number of thiazole rings is 1. The van der Waals surface area contributed by atoms with E-state index in [9.17, 15) is 4.79 Å². The Balaban J connectivity index is 1.55. The maximum absolute atomic E-state index is 10.9. The fourth-order valence-corrected chi connectivity index (χ4v) is 3.46. The summed E-state index contributed by atoms with van der Waals surface area (Å²) >= 11 is 1.69. The van der Waals surface area contributed by atoms with Gasteiger partial charge in [-0.3, -0.25) is 14.6 Å². The number of primary amides is 1. The van der Waals surface area contributed by atoms with Gasteiger partial charge in [0.05, 0.1) is 12.2 Å². The van der Waals surface area contributed by atoms with Gasteiger partial charge in [-0.25, -0.2) is 4.98 Å². The zero-order chi connectivity index (χ0) is 15.4. The van der Waals surface area contributed by atoms with Gasteiger partial charge in [0.25, 0.3) is 0 Å². The minimum Gasteiger partial charge on any atom is -0.369 e. The first-order valence-corrected chi connectivity index (χ1v) is 8.31. The predicted molar refractivity (Wildman–Crippen MR) is 88.5 cm³/mol. The number of rotatable bonds is 5. The lowest BCUT2D eigenvalue weighted by molar-refractivity contribution is -0.119. The minimum atomic E-state index is -0.250. The molecule has 0 unspecified atom stereocenters. The second-order valence-corrected chi connectivity index (χ2v) is 6.39. The van der Waals surface area contributed by atoms with Crippen LogP contribution in [0, 0.1) is 0 Å². The van der Waals surface area contributed by atoms with Crippen LogP contribution >= 0.6 is 11.3 Å². The maximum atomic E-state index is 10.9. The number of nitrogens with two attached hydrogens (primary N) is 1. The van der Waals surface area contributed by atoms with Crippen LogP contribution in [-0.2, 0) is 11.3 Å². The number of amides is 1. The molecule has 0 atom stereocenters. The second-order valence-electron chi connectivity index (χ2n) is 5.53.